The molecule has 0 aliphatic heterocycles. The SMILES string of the molecule is CSc1nc(SCC(=O)Nc2nccs2)c2sc3nc(CC(C)C)c4c(c3c2n1)CCC4. The molecule has 5 rings (SSSR count). The van der Waals surface area contributed by atoms with Crippen molar-refractivity contribution in [3.05, 3.63) is 28.4 Å². The number of aryl methyl sites for hydroxylation is 1. The van der Waals surface area contributed by atoms with Gasteiger partial charge in [-0.05, 0) is 49.0 Å². The van der Waals surface area contributed by atoms with Crippen LogP contribution < -0.4 is 5.32 Å². The Labute approximate surface area is 203 Å². The van der Waals surface area contributed by atoms with Crippen molar-refractivity contribution in [2.24, 2.45) is 5.92 Å². The number of nitrogens with one attached hydrogen (secondary N) is 1. The van der Waals surface area contributed by atoms with E-state index in [0.717, 1.165) is 44.5 Å². The summed E-state index contributed by atoms with van der Waals surface area (Å²) in [4.78, 5) is 32.4. The van der Waals surface area contributed by atoms with Crippen molar-refractivity contribution in [2.45, 2.75) is 49.7 Å². The van der Waals surface area contributed by atoms with Crippen molar-refractivity contribution >= 4 is 77.7 Å². The van der Waals surface area contributed by atoms with E-state index in [0.29, 0.717) is 11.0 Å². The summed E-state index contributed by atoms with van der Waals surface area (Å²) in [6.45, 7) is 4.50. The van der Waals surface area contributed by atoms with Gasteiger partial charge in [0.2, 0.25) is 5.91 Å². The van der Waals surface area contributed by atoms with Crippen LogP contribution in [-0.2, 0) is 24.1 Å². The average molecular weight is 502 g/mol. The highest BCUT2D eigenvalue weighted by atomic mass is 32.2. The monoisotopic (exact) mass is 501 g/mol. The lowest BCUT2D eigenvalue weighted by Crippen LogP contribution is -2.13. The first-order valence-corrected chi connectivity index (χ1v) is 14.4. The Hall–Kier alpha value is -1.75. The van der Waals surface area contributed by atoms with Gasteiger partial charge in [-0.15, -0.1) is 22.7 Å². The number of carbonyl (C=O) groups is 1. The van der Waals surface area contributed by atoms with Crippen molar-refractivity contribution in [1.82, 2.24) is 19.9 Å². The molecular weight excluding hydrogens is 479 g/mol. The molecular formula is C22H23N5OS4. The predicted octanol–water partition coefficient (Wildman–Crippen LogP) is 5.84. The molecule has 166 valence electrons. The number of hydrogen-bond acceptors (Lipinski definition) is 9. The van der Waals surface area contributed by atoms with Gasteiger partial charge in [-0.25, -0.2) is 19.9 Å². The van der Waals surface area contributed by atoms with Crippen molar-refractivity contribution in [3.63, 3.8) is 0 Å². The number of amides is 1. The quantitative estimate of drug-likeness (QED) is 0.194. The number of nitrogens with zero attached hydrogens (tertiary/aromatic N) is 4. The van der Waals surface area contributed by atoms with E-state index in [9.17, 15) is 4.79 Å². The molecule has 4 aromatic rings. The molecule has 6 nitrogen and oxygen atoms in total. The fourth-order valence-corrected chi connectivity index (χ4v) is 7.16. The van der Waals surface area contributed by atoms with Gasteiger partial charge in [0.25, 0.3) is 0 Å². The highest BCUT2D eigenvalue weighted by molar-refractivity contribution is 8.00. The molecule has 10 heteroatoms. The van der Waals surface area contributed by atoms with E-state index in [4.69, 9.17) is 15.0 Å². The van der Waals surface area contributed by atoms with E-state index in [2.05, 4.69) is 24.1 Å². The van der Waals surface area contributed by atoms with Crippen LogP contribution in [-0.4, -0.2) is 37.9 Å². The van der Waals surface area contributed by atoms with Crippen LogP contribution in [0.2, 0.25) is 0 Å². The predicted molar refractivity (Wildman–Crippen MR) is 137 cm³/mol. The Balaban J connectivity index is 1.56. The third-order valence-electron chi connectivity index (χ3n) is 5.37. The van der Waals surface area contributed by atoms with E-state index < -0.39 is 0 Å². The molecule has 1 aliphatic rings. The minimum Gasteiger partial charge on any atom is -0.301 e. The molecule has 1 amide bonds. The van der Waals surface area contributed by atoms with Gasteiger partial charge in [0.1, 0.15) is 9.86 Å². The Bertz CT molecular complexity index is 1300. The molecule has 0 fully saturated rings. The molecule has 0 aromatic carbocycles. The van der Waals surface area contributed by atoms with Gasteiger partial charge in [-0.3, -0.25) is 4.79 Å². The summed E-state index contributed by atoms with van der Waals surface area (Å²) in [6, 6.07) is 0. The lowest BCUT2D eigenvalue weighted by molar-refractivity contribution is -0.113. The van der Waals surface area contributed by atoms with E-state index >= 15 is 0 Å². The Morgan fingerprint density at radius 2 is 2.06 bits per heavy atom. The topological polar surface area (TPSA) is 80.7 Å². The van der Waals surface area contributed by atoms with Crippen molar-refractivity contribution < 1.29 is 4.79 Å². The molecule has 0 radical (unpaired) electrons. The molecule has 0 atom stereocenters. The summed E-state index contributed by atoms with van der Waals surface area (Å²) in [6.07, 6.45) is 8.05. The molecule has 0 saturated carbocycles. The van der Waals surface area contributed by atoms with Crippen LogP contribution in [0.5, 0.6) is 0 Å². The number of pyridine rings is 1. The van der Waals surface area contributed by atoms with Gasteiger partial charge < -0.3 is 5.32 Å². The van der Waals surface area contributed by atoms with Crippen molar-refractivity contribution in [2.75, 3.05) is 17.3 Å². The van der Waals surface area contributed by atoms with E-state index in [1.807, 2.05) is 11.6 Å². The Morgan fingerprint density at radius 1 is 1.22 bits per heavy atom. The van der Waals surface area contributed by atoms with Crippen molar-refractivity contribution in [1.29, 1.82) is 0 Å². The van der Waals surface area contributed by atoms with Gasteiger partial charge in [-0.1, -0.05) is 37.4 Å². The number of thiazole rings is 1. The second kappa shape index (κ2) is 9.24. The van der Waals surface area contributed by atoms with Gasteiger partial charge in [0.15, 0.2) is 10.3 Å². The van der Waals surface area contributed by atoms with Crippen LogP contribution in [0.25, 0.3) is 20.4 Å². The summed E-state index contributed by atoms with van der Waals surface area (Å²) in [7, 11) is 0. The van der Waals surface area contributed by atoms with Crippen LogP contribution in [0.15, 0.2) is 21.8 Å². The largest absolute Gasteiger partial charge is 0.301 e. The molecule has 4 aromatic heterocycles. The number of fused-ring (bicyclic) bond motifs is 5. The first-order chi connectivity index (χ1) is 15.5. The first kappa shape index (κ1) is 22.1. The van der Waals surface area contributed by atoms with Crippen molar-refractivity contribution in [3.8, 4) is 0 Å². The Morgan fingerprint density at radius 3 is 2.81 bits per heavy atom. The Kier molecular flexibility index (Phi) is 6.37. The minimum atomic E-state index is -0.0817. The zero-order chi connectivity index (χ0) is 22.2. The van der Waals surface area contributed by atoms with E-state index in [-0.39, 0.29) is 11.7 Å². The standard InChI is InChI=1S/C22H23N5OS4/c1-11(2)9-14-12-5-4-6-13(12)16-17-18(32-19(16)24-14)20(27-22(26-17)29-3)31-10-15(28)25-21-23-7-8-30-21/h7-8,11H,4-6,9-10H2,1-3H3,(H,23,25,28). The summed E-state index contributed by atoms with van der Waals surface area (Å²) in [5.41, 5.74) is 5.11. The summed E-state index contributed by atoms with van der Waals surface area (Å²) < 4.78 is 1.04. The second-order valence-electron chi connectivity index (χ2n) is 8.12. The summed E-state index contributed by atoms with van der Waals surface area (Å²) in [5, 5.41) is 8.10. The zero-order valence-corrected chi connectivity index (χ0v) is 21.4. The van der Waals surface area contributed by atoms with Crippen LogP contribution in [0.3, 0.4) is 0 Å². The number of rotatable bonds is 7. The molecule has 0 unspecified atom stereocenters. The molecule has 0 saturated heterocycles. The number of anilines is 1. The van der Waals surface area contributed by atoms with Crippen LogP contribution >= 0.6 is 46.2 Å². The molecule has 0 bridgehead atoms. The van der Waals surface area contributed by atoms with Crippen LogP contribution in [0, 0.1) is 5.92 Å². The number of thiophene rings is 1. The molecule has 1 N–H and O–H groups in total. The highest BCUT2D eigenvalue weighted by Crippen LogP contribution is 2.43. The van der Waals surface area contributed by atoms with Gasteiger partial charge >= 0.3 is 0 Å². The third kappa shape index (κ3) is 4.25. The molecule has 4 heterocycles. The van der Waals surface area contributed by atoms with Gasteiger partial charge in [-0.2, -0.15) is 0 Å². The fraction of sp³-hybridized carbons (Fsp3) is 0.409. The maximum Gasteiger partial charge on any atom is 0.236 e. The fourth-order valence-electron chi connectivity index (χ4n) is 4.12. The molecule has 32 heavy (non-hydrogen) atoms. The third-order valence-corrected chi connectivity index (χ3v) is 8.79. The number of hydrogen-bond donors (Lipinski definition) is 1. The summed E-state index contributed by atoms with van der Waals surface area (Å²) in [5.74, 6) is 0.767. The van der Waals surface area contributed by atoms with E-state index in [1.54, 1.807) is 17.5 Å². The maximum absolute atomic E-state index is 12.4. The van der Waals surface area contributed by atoms with E-state index in [1.165, 1.54) is 63.5 Å². The average Bonchev–Trinajstić information content (AvgIpc) is 3.50. The number of aromatic nitrogens is 4. The molecule has 1 aliphatic carbocycles. The molecule has 0 spiro atoms. The summed E-state index contributed by atoms with van der Waals surface area (Å²) >= 11 is 6.07. The maximum atomic E-state index is 12.4. The lowest BCUT2D eigenvalue weighted by atomic mass is 9.99. The highest BCUT2D eigenvalue weighted by Gasteiger charge is 2.25. The van der Waals surface area contributed by atoms with Crippen LogP contribution in [0.1, 0.15) is 37.1 Å². The minimum absolute atomic E-state index is 0.0817. The smallest absolute Gasteiger partial charge is 0.236 e. The normalized spacial score (nSPS) is 13.4. The second-order valence-corrected chi connectivity index (χ2v) is 11.7. The van der Waals surface area contributed by atoms with Gasteiger partial charge in [0.05, 0.1) is 16.0 Å². The van der Waals surface area contributed by atoms with Crippen LogP contribution in [0.4, 0.5) is 5.13 Å². The first-order valence-electron chi connectivity index (χ1n) is 10.5. The lowest BCUT2D eigenvalue weighted by Gasteiger charge is -2.11. The zero-order valence-electron chi connectivity index (χ0n) is 18.1. The van der Waals surface area contributed by atoms with Gasteiger partial charge in [0, 0.05) is 22.7 Å². The number of carbonyl (C=O) groups excluding carboxylic acids is 1. The number of thioether (sulfide) groups is 2.